The monoisotopic (exact) mass is 337 g/mol. The van der Waals surface area contributed by atoms with Crippen molar-refractivity contribution in [1.82, 2.24) is 9.97 Å². The number of rotatable bonds is 4. The van der Waals surface area contributed by atoms with Crippen molar-refractivity contribution in [2.45, 2.75) is 36.6 Å². The van der Waals surface area contributed by atoms with Gasteiger partial charge in [0, 0.05) is 21.4 Å². The fourth-order valence-electron chi connectivity index (χ4n) is 1.61. The van der Waals surface area contributed by atoms with Gasteiger partial charge in [-0.05, 0) is 37.6 Å². The van der Waals surface area contributed by atoms with Gasteiger partial charge in [-0.2, -0.15) is 0 Å². The van der Waals surface area contributed by atoms with Crippen molar-refractivity contribution in [3.63, 3.8) is 0 Å². The highest BCUT2D eigenvalue weighted by atomic mass is 79.9. The first-order valence-electron chi connectivity index (χ1n) is 6.16. The number of aryl methyl sites for hydroxylation is 1. The molecule has 3 nitrogen and oxygen atoms in total. The lowest BCUT2D eigenvalue weighted by molar-refractivity contribution is 0.806. The second-order valence-electron chi connectivity index (χ2n) is 4.26. The summed E-state index contributed by atoms with van der Waals surface area (Å²) < 4.78 is 1.07. The van der Waals surface area contributed by atoms with Crippen LogP contribution in [0.1, 0.15) is 24.7 Å². The summed E-state index contributed by atoms with van der Waals surface area (Å²) in [6.07, 6.45) is 1.88. The van der Waals surface area contributed by atoms with Crippen LogP contribution in [0.2, 0.25) is 0 Å². The van der Waals surface area contributed by atoms with Crippen molar-refractivity contribution >= 4 is 33.5 Å². The molecule has 0 spiro atoms. The van der Waals surface area contributed by atoms with Gasteiger partial charge in [-0.15, -0.1) is 0 Å². The van der Waals surface area contributed by atoms with E-state index in [4.69, 9.17) is 5.73 Å². The SMILES string of the molecule is CCCc1nc(N)c(C)c(Sc2ccc(Br)cc2)n1. The minimum Gasteiger partial charge on any atom is -0.383 e. The largest absolute Gasteiger partial charge is 0.383 e. The molecule has 2 aromatic rings. The second-order valence-corrected chi connectivity index (χ2v) is 6.24. The number of benzene rings is 1. The summed E-state index contributed by atoms with van der Waals surface area (Å²) in [7, 11) is 0. The van der Waals surface area contributed by atoms with Crippen molar-refractivity contribution in [2.75, 3.05) is 5.73 Å². The molecule has 100 valence electrons. The number of nitrogens with zero attached hydrogens (tertiary/aromatic N) is 2. The van der Waals surface area contributed by atoms with Crippen molar-refractivity contribution in [1.29, 1.82) is 0 Å². The Hall–Kier alpha value is -1.07. The van der Waals surface area contributed by atoms with E-state index in [1.165, 1.54) is 0 Å². The third kappa shape index (κ3) is 3.70. The standard InChI is InChI=1S/C14H16BrN3S/c1-3-4-12-17-13(16)9(2)14(18-12)19-11-7-5-10(15)6-8-11/h5-8H,3-4H2,1-2H3,(H2,16,17,18). The molecule has 0 saturated carbocycles. The van der Waals surface area contributed by atoms with E-state index < -0.39 is 0 Å². The number of halogens is 1. The number of hydrogen-bond acceptors (Lipinski definition) is 4. The van der Waals surface area contributed by atoms with E-state index in [0.29, 0.717) is 5.82 Å². The lowest BCUT2D eigenvalue weighted by Crippen LogP contribution is -2.04. The molecule has 0 fully saturated rings. The Bertz CT molecular complexity index is 570. The summed E-state index contributed by atoms with van der Waals surface area (Å²) in [6.45, 7) is 4.08. The number of anilines is 1. The van der Waals surface area contributed by atoms with Gasteiger partial charge in [0.15, 0.2) is 0 Å². The Kier molecular flexibility index (Phi) is 4.82. The van der Waals surface area contributed by atoms with Crippen LogP contribution < -0.4 is 5.73 Å². The fourth-order valence-corrected chi connectivity index (χ4v) is 2.78. The van der Waals surface area contributed by atoms with Gasteiger partial charge in [-0.1, -0.05) is 34.6 Å². The zero-order valence-corrected chi connectivity index (χ0v) is 13.4. The molecular weight excluding hydrogens is 322 g/mol. The maximum absolute atomic E-state index is 5.96. The zero-order chi connectivity index (χ0) is 13.8. The van der Waals surface area contributed by atoms with E-state index in [0.717, 1.165) is 38.6 Å². The van der Waals surface area contributed by atoms with E-state index in [1.807, 2.05) is 19.1 Å². The molecule has 2 rings (SSSR count). The van der Waals surface area contributed by atoms with Gasteiger partial charge in [0.05, 0.1) is 0 Å². The van der Waals surface area contributed by atoms with Crippen LogP contribution in [0, 0.1) is 6.92 Å². The number of nitrogens with two attached hydrogens (primary N) is 1. The summed E-state index contributed by atoms with van der Waals surface area (Å²) in [5.41, 5.74) is 6.91. The van der Waals surface area contributed by atoms with Gasteiger partial charge in [0.2, 0.25) is 0 Å². The minimum absolute atomic E-state index is 0.582. The third-order valence-electron chi connectivity index (χ3n) is 2.69. The smallest absolute Gasteiger partial charge is 0.132 e. The second kappa shape index (κ2) is 6.39. The molecule has 0 unspecified atom stereocenters. The summed E-state index contributed by atoms with van der Waals surface area (Å²) in [4.78, 5) is 10.1. The van der Waals surface area contributed by atoms with Crippen molar-refractivity contribution in [3.8, 4) is 0 Å². The molecule has 19 heavy (non-hydrogen) atoms. The lowest BCUT2D eigenvalue weighted by atomic mass is 10.3. The van der Waals surface area contributed by atoms with Crippen LogP contribution in [0.3, 0.4) is 0 Å². The van der Waals surface area contributed by atoms with Crippen LogP contribution >= 0.6 is 27.7 Å². The van der Waals surface area contributed by atoms with Crippen LogP contribution in [-0.4, -0.2) is 9.97 Å². The number of hydrogen-bond donors (Lipinski definition) is 1. The molecule has 5 heteroatoms. The van der Waals surface area contributed by atoms with E-state index in [-0.39, 0.29) is 0 Å². The summed E-state index contributed by atoms with van der Waals surface area (Å²) >= 11 is 5.06. The molecule has 0 saturated heterocycles. The topological polar surface area (TPSA) is 51.8 Å². The van der Waals surface area contributed by atoms with Crippen molar-refractivity contribution in [2.24, 2.45) is 0 Å². The maximum Gasteiger partial charge on any atom is 0.132 e. The van der Waals surface area contributed by atoms with Gasteiger partial charge >= 0.3 is 0 Å². The minimum atomic E-state index is 0.582. The Balaban J connectivity index is 2.30. The molecule has 1 aromatic heterocycles. The Morgan fingerprint density at radius 3 is 2.53 bits per heavy atom. The fraction of sp³-hybridized carbons (Fsp3) is 0.286. The van der Waals surface area contributed by atoms with Crippen LogP contribution in [0.5, 0.6) is 0 Å². The summed E-state index contributed by atoms with van der Waals surface area (Å²) in [5.74, 6) is 1.41. The molecule has 0 aliphatic carbocycles. The van der Waals surface area contributed by atoms with E-state index in [1.54, 1.807) is 11.8 Å². The highest BCUT2D eigenvalue weighted by molar-refractivity contribution is 9.10. The average molecular weight is 338 g/mol. The van der Waals surface area contributed by atoms with Gasteiger partial charge in [-0.3, -0.25) is 0 Å². The lowest BCUT2D eigenvalue weighted by Gasteiger charge is -2.09. The molecule has 2 N–H and O–H groups in total. The first-order chi connectivity index (χ1) is 9.10. The average Bonchev–Trinajstić information content (AvgIpc) is 2.38. The van der Waals surface area contributed by atoms with Crippen LogP contribution in [0.15, 0.2) is 38.7 Å². The molecular formula is C14H16BrN3S. The summed E-state index contributed by atoms with van der Waals surface area (Å²) in [5, 5.41) is 0.943. The molecule has 0 aliphatic heterocycles. The molecule has 1 aromatic carbocycles. The van der Waals surface area contributed by atoms with Crippen molar-refractivity contribution < 1.29 is 0 Å². The van der Waals surface area contributed by atoms with Gasteiger partial charge in [0.25, 0.3) is 0 Å². The van der Waals surface area contributed by atoms with E-state index >= 15 is 0 Å². The maximum atomic E-state index is 5.96. The molecule has 0 aliphatic rings. The molecule has 0 radical (unpaired) electrons. The molecule has 0 bridgehead atoms. The highest BCUT2D eigenvalue weighted by Gasteiger charge is 2.10. The van der Waals surface area contributed by atoms with Crippen molar-refractivity contribution in [3.05, 3.63) is 40.1 Å². The number of nitrogen functional groups attached to an aromatic ring is 1. The van der Waals surface area contributed by atoms with Crippen LogP contribution in [0.25, 0.3) is 0 Å². The van der Waals surface area contributed by atoms with E-state index in [9.17, 15) is 0 Å². The summed E-state index contributed by atoms with van der Waals surface area (Å²) in [6, 6.07) is 8.17. The normalized spacial score (nSPS) is 10.7. The van der Waals surface area contributed by atoms with Crippen LogP contribution in [-0.2, 0) is 6.42 Å². The Labute approximate surface area is 126 Å². The molecule has 0 amide bonds. The predicted octanol–water partition coefficient (Wildman–Crippen LogP) is 4.23. The van der Waals surface area contributed by atoms with Gasteiger partial charge in [0.1, 0.15) is 16.7 Å². The van der Waals surface area contributed by atoms with Crippen LogP contribution in [0.4, 0.5) is 5.82 Å². The highest BCUT2D eigenvalue weighted by Crippen LogP contribution is 2.31. The predicted molar refractivity (Wildman–Crippen MR) is 83.4 cm³/mol. The Morgan fingerprint density at radius 1 is 1.21 bits per heavy atom. The number of aromatic nitrogens is 2. The quantitative estimate of drug-likeness (QED) is 0.848. The Morgan fingerprint density at radius 2 is 1.89 bits per heavy atom. The molecule has 0 atom stereocenters. The van der Waals surface area contributed by atoms with Gasteiger partial charge < -0.3 is 5.73 Å². The molecule has 1 heterocycles. The van der Waals surface area contributed by atoms with E-state index in [2.05, 4.69) is 45.0 Å². The first kappa shape index (κ1) is 14.3. The first-order valence-corrected chi connectivity index (χ1v) is 7.77. The third-order valence-corrected chi connectivity index (χ3v) is 4.31. The van der Waals surface area contributed by atoms with Gasteiger partial charge in [-0.25, -0.2) is 9.97 Å². The zero-order valence-electron chi connectivity index (χ0n) is 11.0.